The Labute approximate surface area is 182 Å². The molecule has 0 spiro atoms. The third-order valence-corrected chi connectivity index (χ3v) is 5.39. The molecule has 2 aromatic carbocycles. The number of hydrogen-bond acceptors (Lipinski definition) is 7. The van der Waals surface area contributed by atoms with Crippen molar-refractivity contribution >= 4 is 35.2 Å². The van der Waals surface area contributed by atoms with Gasteiger partial charge in [-0.25, -0.2) is 0 Å². The molecule has 0 saturated heterocycles. The number of thioether (sulfide) groups is 1. The van der Waals surface area contributed by atoms with Crippen molar-refractivity contribution in [1.29, 1.82) is 0 Å². The van der Waals surface area contributed by atoms with Gasteiger partial charge in [0.1, 0.15) is 18.1 Å². The van der Waals surface area contributed by atoms with E-state index in [-0.39, 0.29) is 12.4 Å². The summed E-state index contributed by atoms with van der Waals surface area (Å²) < 4.78 is 12.4. The summed E-state index contributed by atoms with van der Waals surface area (Å²) in [5.74, 6) is 0.858. The third kappa shape index (κ3) is 5.52. The molecule has 10 heteroatoms. The Morgan fingerprint density at radius 3 is 2.57 bits per heavy atom. The van der Waals surface area contributed by atoms with Crippen LogP contribution in [0.5, 0.6) is 11.5 Å². The molecule has 0 aliphatic carbocycles. The van der Waals surface area contributed by atoms with Crippen LogP contribution < -0.4 is 14.8 Å². The summed E-state index contributed by atoms with van der Waals surface area (Å²) in [7, 11) is 3.31. The van der Waals surface area contributed by atoms with E-state index in [0.717, 1.165) is 0 Å². The van der Waals surface area contributed by atoms with E-state index in [0.29, 0.717) is 33.1 Å². The van der Waals surface area contributed by atoms with E-state index in [1.165, 1.54) is 18.9 Å². The van der Waals surface area contributed by atoms with Crippen LogP contribution in [-0.4, -0.2) is 39.4 Å². The van der Waals surface area contributed by atoms with Crippen molar-refractivity contribution in [3.8, 4) is 11.5 Å². The average Bonchev–Trinajstić information content (AvgIpc) is 3.11. The molecule has 3 rings (SSSR count). The first-order valence-electron chi connectivity index (χ1n) is 8.84. The van der Waals surface area contributed by atoms with E-state index < -0.39 is 11.8 Å². The SMILES string of the molecule is COc1ccc(C(=O)NC(=O)CSc2nnc(COc3ccccc3Cl)n2C)cc1. The molecular weight excluding hydrogens is 428 g/mol. The highest BCUT2D eigenvalue weighted by molar-refractivity contribution is 7.99. The first-order chi connectivity index (χ1) is 14.5. The summed E-state index contributed by atoms with van der Waals surface area (Å²) >= 11 is 7.24. The largest absolute Gasteiger partial charge is 0.497 e. The minimum absolute atomic E-state index is 0.0131. The molecule has 30 heavy (non-hydrogen) atoms. The molecule has 0 saturated carbocycles. The van der Waals surface area contributed by atoms with Gasteiger partial charge in [0.05, 0.1) is 17.9 Å². The second-order valence-electron chi connectivity index (χ2n) is 6.07. The lowest BCUT2D eigenvalue weighted by Crippen LogP contribution is -2.31. The topological polar surface area (TPSA) is 95.3 Å². The molecular formula is C20H19ClN4O4S. The number of para-hydroxylation sites is 1. The van der Waals surface area contributed by atoms with Crippen LogP contribution in [0.4, 0.5) is 0 Å². The third-order valence-electron chi connectivity index (χ3n) is 4.06. The van der Waals surface area contributed by atoms with Gasteiger partial charge in [0, 0.05) is 12.6 Å². The number of ether oxygens (including phenoxy) is 2. The minimum Gasteiger partial charge on any atom is -0.497 e. The first-order valence-corrected chi connectivity index (χ1v) is 10.2. The molecule has 0 fully saturated rings. The van der Waals surface area contributed by atoms with Gasteiger partial charge in [0.25, 0.3) is 5.91 Å². The van der Waals surface area contributed by atoms with Crippen LogP contribution in [0, 0.1) is 0 Å². The predicted octanol–water partition coefficient (Wildman–Crippen LogP) is 3.10. The fourth-order valence-electron chi connectivity index (χ4n) is 2.41. The molecule has 3 aromatic rings. The van der Waals surface area contributed by atoms with Gasteiger partial charge in [0.15, 0.2) is 11.0 Å². The van der Waals surface area contributed by atoms with Crippen molar-refractivity contribution in [3.05, 3.63) is 64.9 Å². The maximum Gasteiger partial charge on any atom is 0.257 e. The Morgan fingerprint density at radius 1 is 1.13 bits per heavy atom. The molecule has 0 radical (unpaired) electrons. The van der Waals surface area contributed by atoms with E-state index in [2.05, 4.69) is 15.5 Å². The zero-order valence-electron chi connectivity index (χ0n) is 16.3. The van der Waals surface area contributed by atoms with Crippen LogP contribution in [0.2, 0.25) is 5.02 Å². The molecule has 0 aliphatic heterocycles. The van der Waals surface area contributed by atoms with Crippen molar-refractivity contribution in [1.82, 2.24) is 20.1 Å². The number of carbonyl (C=O) groups excluding carboxylic acids is 2. The number of halogens is 1. The number of nitrogens with zero attached hydrogens (tertiary/aromatic N) is 3. The Bertz CT molecular complexity index is 1040. The Hall–Kier alpha value is -3.04. The fourth-order valence-corrected chi connectivity index (χ4v) is 3.33. The lowest BCUT2D eigenvalue weighted by Gasteiger charge is -2.08. The van der Waals surface area contributed by atoms with Crippen molar-refractivity contribution in [2.75, 3.05) is 12.9 Å². The van der Waals surface area contributed by atoms with E-state index in [9.17, 15) is 9.59 Å². The lowest BCUT2D eigenvalue weighted by atomic mass is 10.2. The van der Waals surface area contributed by atoms with Crippen LogP contribution in [0.25, 0.3) is 0 Å². The van der Waals surface area contributed by atoms with Crippen LogP contribution in [-0.2, 0) is 18.4 Å². The average molecular weight is 447 g/mol. The molecule has 1 heterocycles. The number of carbonyl (C=O) groups is 2. The van der Waals surface area contributed by atoms with Gasteiger partial charge in [0.2, 0.25) is 5.91 Å². The molecule has 2 amide bonds. The van der Waals surface area contributed by atoms with Crippen LogP contribution >= 0.6 is 23.4 Å². The van der Waals surface area contributed by atoms with Gasteiger partial charge in [-0.2, -0.15) is 0 Å². The van der Waals surface area contributed by atoms with E-state index in [1.54, 1.807) is 48.0 Å². The second-order valence-corrected chi connectivity index (χ2v) is 7.42. The molecule has 0 atom stereocenters. The van der Waals surface area contributed by atoms with Crippen molar-refractivity contribution in [2.24, 2.45) is 7.05 Å². The van der Waals surface area contributed by atoms with Gasteiger partial charge in [-0.3, -0.25) is 14.9 Å². The van der Waals surface area contributed by atoms with Gasteiger partial charge in [-0.15, -0.1) is 10.2 Å². The van der Waals surface area contributed by atoms with E-state index in [4.69, 9.17) is 21.1 Å². The van der Waals surface area contributed by atoms with Crippen molar-refractivity contribution < 1.29 is 19.1 Å². The summed E-state index contributed by atoms with van der Waals surface area (Å²) in [5.41, 5.74) is 0.367. The van der Waals surface area contributed by atoms with Crippen molar-refractivity contribution in [3.63, 3.8) is 0 Å². The first kappa shape index (κ1) is 21.7. The maximum absolute atomic E-state index is 12.1. The number of benzene rings is 2. The Balaban J connectivity index is 1.51. The zero-order chi connectivity index (χ0) is 21.5. The fraction of sp³-hybridized carbons (Fsp3) is 0.200. The highest BCUT2D eigenvalue weighted by Crippen LogP contribution is 2.24. The maximum atomic E-state index is 12.1. The van der Waals surface area contributed by atoms with E-state index >= 15 is 0 Å². The lowest BCUT2D eigenvalue weighted by molar-refractivity contribution is -0.117. The number of nitrogens with one attached hydrogen (secondary N) is 1. The highest BCUT2D eigenvalue weighted by Gasteiger charge is 2.15. The number of methoxy groups -OCH3 is 1. The molecule has 1 N–H and O–H groups in total. The highest BCUT2D eigenvalue weighted by atomic mass is 35.5. The molecule has 0 unspecified atom stereocenters. The second kappa shape index (κ2) is 10.1. The van der Waals surface area contributed by atoms with Crippen LogP contribution in [0.3, 0.4) is 0 Å². The standard InChI is InChI=1S/C20H19ClN4O4S/c1-25-17(11-29-16-6-4-3-5-15(16)21)23-24-20(25)30-12-18(26)22-19(27)13-7-9-14(28-2)10-8-13/h3-10H,11-12H2,1-2H3,(H,22,26,27). The van der Waals surface area contributed by atoms with Gasteiger partial charge in [-0.05, 0) is 36.4 Å². The van der Waals surface area contributed by atoms with Gasteiger partial charge in [-0.1, -0.05) is 35.5 Å². The number of rotatable bonds is 8. The van der Waals surface area contributed by atoms with Crippen LogP contribution in [0.1, 0.15) is 16.2 Å². The number of imide groups is 1. The summed E-state index contributed by atoms with van der Waals surface area (Å²) in [5, 5.41) is 11.5. The summed E-state index contributed by atoms with van der Waals surface area (Å²) in [6.45, 7) is 0.177. The normalized spacial score (nSPS) is 10.5. The smallest absolute Gasteiger partial charge is 0.257 e. The number of aromatic nitrogens is 3. The van der Waals surface area contributed by atoms with Gasteiger partial charge >= 0.3 is 0 Å². The predicted molar refractivity (Wildman–Crippen MR) is 113 cm³/mol. The molecule has 0 bridgehead atoms. The van der Waals surface area contributed by atoms with Gasteiger partial charge < -0.3 is 14.0 Å². The molecule has 0 aliphatic rings. The van der Waals surface area contributed by atoms with E-state index in [1.807, 2.05) is 12.1 Å². The number of hydrogen-bond donors (Lipinski definition) is 1. The number of amides is 2. The summed E-state index contributed by atoms with van der Waals surface area (Å²) in [6, 6.07) is 13.6. The monoisotopic (exact) mass is 446 g/mol. The zero-order valence-corrected chi connectivity index (χ0v) is 17.9. The van der Waals surface area contributed by atoms with Crippen LogP contribution in [0.15, 0.2) is 53.7 Å². The molecule has 1 aromatic heterocycles. The molecule has 156 valence electrons. The summed E-state index contributed by atoms with van der Waals surface area (Å²) in [4.78, 5) is 24.3. The van der Waals surface area contributed by atoms with Crippen molar-refractivity contribution in [2.45, 2.75) is 11.8 Å². The Morgan fingerprint density at radius 2 is 1.87 bits per heavy atom. The quantitative estimate of drug-likeness (QED) is 0.531. The molecule has 8 nitrogen and oxygen atoms in total. The Kier molecular flexibility index (Phi) is 7.31. The summed E-state index contributed by atoms with van der Waals surface area (Å²) in [6.07, 6.45) is 0. The minimum atomic E-state index is -0.477.